The van der Waals surface area contributed by atoms with Crippen LogP contribution in [0.3, 0.4) is 0 Å². The Balaban J connectivity index is 2.30. The van der Waals surface area contributed by atoms with Gasteiger partial charge in [0.15, 0.2) is 5.78 Å². The van der Waals surface area contributed by atoms with Gasteiger partial charge in [-0.3, -0.25) is 4.79 Å². The molecule has 0 heterocycles. The van der Waals surface area contributed by atoms with Gasteiger partial charge in [0.05, 0.1) is 0 Å². The van der Waals surface area contributed by atoms with Crippen LogP contribution >= 0.6 is 0 Å². The fraction of sp³-hybridized carbons (Fsp3) is 0.278. The molecule has 0 fully saturated rings. The third kappa shape index (κ3) is 2.93. The molecule has 0 saturated heterocycles. The van der Waals surface area contributed by atoms with Gasteiger partial charge in [0.1, 0.15) is 0 Å². The Morgan fingerprint density at radius 2 is 1.42 bits per heavy atom. The Hall–Kier alpha value is -1.89. The summed E-state index contributed by atoms with van der Waals surface area (Å²) in [5.41, 5.74) is 5.15. The summed E-state index contributed by atoms with van der Waals surface area (Å²) < 4.78 is 0. The highest BCUT2D eigenvalue weighted by atomic mass is 16.1. The number of ketones is 1. The number of rotatable bonds is 3. The Morgan fingerprint density at radius 3 is 1.95 bits per heavy atom. The van der Waals surface area contributed by atoms with Crippen molar-refractivity contribution in [3.8, 4) is 0 Å². The molecule has 0 aliphatic heterocycles. The summed E-state index contributed by atoms with van der Waals surface area (Å²) in [4.78, 5) is 12.4. The average Bonchev–Trinajstić information content (AvgIpc) is 2.41. The molecule has 0 bridgehead atoms. The SMILES string of the molecule is Cc1ccc(C(=O)c2ccc(C(C)C)cc2)cc1C. The number of benzene rings is 2. The topological polar surface area (TPSA) is 17.1 Å². The van der Waals surface area contributed by atoms with Gasteiger partial charge in [0.2, 0.25) is 0 Å². The molecule has 1 nitrogen and oxygen atoms in total. The van der Waals surface area contributed by atoms with Gasteiger partial charge in [0.25, 0.3) is 0 Å². The largest absolute Gasteiger partial charge is 0.289 e. The van der Waals surface area contributed by atoms with Gasteiger partial charge in [-0.1, -0.05) is 50.2 Å². The standard InChI is InChI=1S/C18H20O/c1-12(2)15-7-9-16(10-8-15)18(19)17-6-5-13(3)14(4)11-17/h5-12H,1-4H3. The van der Waals surface area contributed by atoms with Crippen molar-refractivity contribution in [2.24, 2.45) is 0 Å². The third-order valence-corrected chi connectivity index (χ3v) is 3.61. The van der Waals surface area contributed by atoms with Crippen LogP contribution in [0.1, 0.15) is 52.4 Å². The van der Waals surface area contributed by atoms with Gasteiger partial charge >= 0.3 is 0 Å². The number of carbonyl (C=O) groups is 1. The summed E-state index contributed by atoms with van der Waals surface area (Å²) >= 11 is 0. The number of hydrogen-bond acceptors (Lipinski definition) is 1. The molecule has 0 N–H and O–H groups in total. The molecule has 0 unspecified atom stereocenters. The predicted molar refractivity (Wildman–Crippen MR) is 79.9 cm³/mol. The highest BCUT2D eigenvalue weighted by Crippen LogP contribution is 2.18. The van der Waals surface area contributed by atoms with Crippen LogP contribution in [-0.2, 0) is 0 Å². The fourth-order valence-corrected chi connectivity index (χ4v) is 2.07. The van der Waals surface area contributed by atoms with Crippen LogP contribution in [0.5, 0.6) is 0 Å². The number of hydrogen-bond donors (Lipinski definition) is 0. The quantitative estimate of drug-likeness (QED) is 0.726. The molecular formula is C18H20O. The second-order valence-corrected chi connectivity index (χ2v) is 5.40. The second kappa shape index (κ2) is 5.40. The molecule has 0 aliphatic carbocycles. The number of carbonyl (C=O) groups excluding carboxylic acids is 1. The molecule has 98 valence electrons. The van der Waals surface area contributed by atoms with Crippen molar-refractivity contribution in [1.82, 2.24) is 0 Å². The molecule has 2 aromatic carbocycles. The van der Waals surface area contributed by atoms with E-state index in [0.29, 0.717) is 5.92 Å². The minimum atomic E-state index is 0.0957. The smallest absolute Gasteiger partial charge is 0.193 e. The summed E-state index contributed by atoms with van der Waals surface area (Å²) in [7, 11) is 0. The van der Waals surface area contributed by atoms with E-state index in [1.54, 1.807) is 0 Å². The van der Waals surface area contributed by atoms with Crippen molar-refractivity contribution in [3.05, 3.63) is 70.3 Å². The zero-order chi connectivity index (χ0) is 14.0. The van der Waals surface area contributed by atoms with Gasteiger partial charge in [-0.15, -0.1) is 0 Å². The lowest BCUT2D eigenvalue weighted by Crippen LogP contribution is -2.02. The Bertz CT molecular complexity index is 592. The van der Waals surface area contributed by atoms with Crippen molar-refractivity contribution >= 4 is 5.78 Å². The van der Waals surface area contributed by atoms with E-state index >= 15 is 0 Å². The number of aryl methyl sites for hydroxylation is 2. The van der Waals surface area contributed by atoms with E-state index in [-0.39, 0.29) is 5.78 Å². The van der Waals surface area contributed by atoms with Crippen molar-refractivity contribution in [1.29, 1.82) is 0 Å². The highest BCUT2D eigenvalue weighted by molar-refractivity contribution is 6.09. The third-order valence-electron chi connectivity index (χ3n) is 3.61. The average molecular weight is 252 g/mol. The maximum Gasteiger partial charge on any atom is 0.193 e. The maximum atomic E-state index is 12.4. The summed E-state index contributed by atoms with van der Waals surface area (Å²) in [6, 6.07) is 13.8. The van der Waals surface area contributed by atoms with E-state index in [2.05, 4.69) is 20.8 Å². The predicted octanol–water partition coefficient (Wildman–Crippen LogP) is 4.66. The monoisotopic (exact) mass is 252 g/mol. The Morgan fingerprint density at radius 1 is 0.842 bits per heavy atom. The minimum absolute atomic E-state index is 0.0957. The Kier molecular flexibility index (Phi) is 3.84. The van der Waals surface area contributed by atoms with Gasteiger partial charge in [-0.2, -0.15) is 0 Å². The van der Waals surface area contributed by atoms with Gasteiger partial charge in [-0.05, 0) is 42.5 Å². The first-order valence-corrected chi connectivity index (χ1v) is 6.71. The van der Waals surface area contributed by atoms with Crippen LogP contribution < -0.4 is 0 Å². The van der Waals surface area contributed by atoms with Crippen LogP contribution in [0.25, 0.3) is 0 Å². The van der Waals surface area contributed by atoms with Crippen LogP contribution in [0.2, 0.25) is 0 Å². The molecule has 19 heavy (non-hydrogen) atoms. The summed E-state index contributed by atoms with van der Waals surface area (Å²) in [6.07, 6.45) is 0. The van der Waals surface area contributed by atoms with E-state index in [9.17, 15) is 4.79 Å². The molecule has 0 saturated carbocycles. The summed E-state index contributed by atoms with van der Waals surface area (Å²) in [5.74, 6) is 0.587. The van der Waals surface area contributed by atoms with Crippen molar-refractivity contribution < 1.29 is 4.79 Å². The van der Waals surface area contributed by atoms with Gasteiger partial charge in [0, 0.05) is 11.1 Å². The lowest BCUT2D eigenvalue weighted by atomic mass is 9.96. The van der Waals surface area contributed by atoms with Crippen molar-refractivity contribution in [2.75, 3.05) is 0 Å². The van der Waals surface area contributed by atoms with Crippen LogP contribution in [0.15, 0.2) is 42.5 Å². The van der Waals surface area contributed by atoms with Crippen molar-refractivity contribution in [3.63, 3.8) is 0 Å². The van der Waals surface area contributed by atoms with Crippen LogP contribution in [0, 0.1) is 13.8 Å². The molecule has 0 aromatic heterocycles. The normalized spacial score (nSPS) is 10.8. The molecule has 0 amide bonds. The van der Waals surface area contributed by atoms with E-state index in [4.69, 9.17) is 0 Å². The van der Waals surface area contributed by atoms with Crippen LogP contribution in [0.4, 0.5) is 0 Å². The first-order chi connectivity index (χ1) is 8.99. The first kappa shape index (κ1) is 13.5. The molecule has 0 spiro atoms. The van der Waals surface area contributed by atoms with E-state index < -0.39 is 0 Å². The van der Waals surface area contributed by atoms with Gasteiger partial charge < -0.3 is 0 Å². The van der Waals surface area contributed by atoms with E-state index in [1.807, 2.05) is 49.4 Å². The lowest BCUT2D eigenvalue weighted by Gasteiger charge is -2.07. The highest BCUT2D eigenvalue weighted by Gasteiger charge is 2.10. The van der Waals surface area contributed by atoms with E-state index in [1.165, 1.54) is 11.1 Å². The van der Waals surface area contributed by atoms with Crippen molar-refractivity contribution in [2.45, 2.75) is 33.6 Å². The van der Waals surface area contributed by atoms with E-state index in [0.717, 1.165) is 16.7 Å². The molecule has 2 aromatic rings. The van der Waals surface area contributed by atoms with Gasteiger partial charge in [-0.25, -0.2) is 0 Å². The molecule has 0 radical (unpaired) electrons. The lowest BCUT2D eigenvalue weighted by molar-refractivity contribution is 0.103. The molecule has 1 heteroatoms. The Labute approximate surface area is 115 Å². The first-order valence-electron chi connectivity index (χ1n) is 6.71. The molecule has 0 atom stereocenters. The summed E-state index contributed by atoms with van der Waals surface area (Å²) in [5, 5.41) is 0. The zero-order valence-corrected chi connectivity index (χ0v) is 12.0. The van der Waals surface area contributed by atoms with Crippen LogP contribution in [-0.4, -0.2) is 5.78 Å². The molecule has 0 aliphatic rings. The zero-order valence-electron chi connectivity index (χ0n) is 12.0. The minimum Gasteiger partial charge on any atom is -0.289 e. The second-order valence-electron chi connectivity index (χ2n) is 5.40. The molecule has 2 rings (SSSR count). The fourth-order valence-electron chi connectivity index (χ4n) is 2.07. The summed E-state index contributed by atoms with van der Waals surface area (Å²) in [6.45, 7) is 8.40. The maximum absolute atomic E-state index is 12.4. The molecular weight excluding hydrogens is 232 g/mol.